The Morgan fingerprint density at radius 2 is 2.04 bits per heavy atom. The standard InChI is InChI=1S/C19H18O4S/c1-11-8-12(22-18(21)19(2,3)4)9-14-16(11)17(20)15(23-14)10-13-6-5-7-24-13/h5-10H,1-4H3/b15-10-. The molecule has 0 unspecified atom stereocenters. The first kappa shape index (κ1) is 16.5. The maximum absolute atomic E-state index is 12.5. The Morgan fingerprint density at radius 3 is 2.67 bits per heavy atom. The molecule has 5 heteroatoms. The van der Waals surface area contributed by atoms with Crippen LogP contribution < -0.4 is 9.47 Å². The minimum atomic E-state index is -0.603. The van der Waals surface area contributed by atoms with E-state index in [2.05, 4.69) is 0 Å². The van der Waals surface area contributed by atoms with Crippen molar-refractivity contribution < 1.29 is 19.1 Å². The smallest absolute Gasteiger partial charge is 0.316 e. The lowest BCUT2D eigenvalue weighted by atomic mass is 9.97. The topological polar surface area (TPSA) is 52.6 Å². The Kier molecular flexibility index (Phi) is 4.05. The van der Waals surface area contributed by atoms with Gasteiger partial charge in [-0.2, -0.15) is 0 Å². The maximum Gasteiger partial charge on any atom is 0.316 e. The van der Waals surface area contributed by atoms with E-state index in [4.69, 9.17) is 9.47 Å². The minimum absolute atomic E-state index is 0.149. The average molecular weight is 342 g/mol. The van der Waals surface area contributed by atoms with Crippen LogP contribution in [-0.2, 0) is 4.79 Å². The molecule has 0 aliphatic carbocycles. The summed E-state index contributed by atoms with van der Waals surface area (Å²) in [6.07, 6.45) is 1.73. The van der Waals surface area contributed by atoms with E-state index in [0.717, 1.165) is 10.4 Å². The number of allylic oxidation sites excluding steroid dienone is 1. The fourth-order valence-corrected chi connectivity index (χ4v) is 2.95. The van der Waals surface area contributed by atoms with Gasteiger partial charge < -0.3 is 9.47 Å². The van der Waals surface area contributed by atoms with Crippen LogP contribution in [0.1, 0.15) is 41.6 Å². The Labute approximate surface area is 144 Å². The highest BCUT2D eigenvalue weighted by Gasteiger charge is 2.31. The van der Waals surface area contributed by atoms with Crippen LogP contribution in [0.25, 0.3) is 6.08 Å². The molecule has 3 rings (SSSR count). The Hall–Kier alpha value is -2.40. The predicted octanol–water partition coefficient (Wildman–Crippen LogP) is 4.62. The van der Waals surface area contributed by atoms with Crippen molar-refractivity contribution in [1.29, 1.82) is 0 Å². The summed E-state index contributed by atoms with van der Waals surface area (Å²) in [4.78, 5) is 25.5. The number of esters is 1. The number of carbonyl (C=O) groups excluding carboxylic acids is 2. The van der Waals surface area contributed by atoms with Crippen LogP contribution in [0.4, 0.5) is 0 Å². The zero-order valence-electron chi connectivity index (χ0n) is 14.0. The largest absolute Gasteiger partial charge is 0.452 e. The normalized spacial score (nSPS) is 15.3. The van der Waals surface area contributed by atoms with Crippen molar-refractivity contribution in [1.82, 2.24) is 0 Å². The van der Waals surface area contributed by atoms with Crippen molar-refractivity contribution in [2.75, 3.05) is 0 Å². The van der Waals surface area contributed by atoms with Gasteiger partial charge in [-0.3, -0.25) is 9.59 Å². The Bertz CT molecular complexity index is 839. The van der Waals surface area contributed by atoms with Crippen molar-refractivity contribution in [2.24, 2.45) is 5.41 Å². The third kappa shape index (κ3) is 3.12. The molecule has 124 valence electrons. The second-order valence-corrected chi connectivity index (χ2v) is 7.69. The van der Waals surface area contributed by atoms with Crippen LogP contribution in [0, 0.1) is 12.3 Å². The summed E-state index contributed by atoms with van der Waals surface area (Å²) in [5, 5.41) is 1.94. The predicted molar refractivity (Wildman–Crippen MR) is 93.5 cm³/mol. The Morgan fingerprint density at radius 1 is 1.29 bits per heavy atom. The fourth-order valence-electron chi connectivity index (χ4n) is 2.30. The molecular weight excluding hydrogens is 324 g/mol. The summed E-state index contributed by atoms with van der Waals surface area (Å²) in [6, 6.07) is 7.12. The molecule has 0 saturated carbocycles. The number of carbonyl (C=O) groups is 2. The first-order valence-electron chi connectivity index (χ1n) is 7.60. The van der Waals surface area contributed by atoms with Crippen LogP contribution in [0.3, 0.4) is 0 Å². The molecule has 1 aliphatic heterocycles. The van der Waals surface area contributed by atoms with Crippen molar-refractivity contribution in [3.05, 3.63) is 51.4 Å². The third-order valence-electron chi connectivity index (χ3n) is 3.58. The number of aryl methyl sites for hydroxylation is 1. The van der Waals surface area contributed by atoms with Crippen LogP contribution in [-0.4, -0.2) is 11.8 Å². The number of Topliss-reactive ketones (excluding diaryl/α,β-unsaturated/α-hetero) is 1. The second kappa shape index (κ2) is 5.91. The summed E-state index contributed by atoms with van der Waals surface area (Å²) in [7, 11) is 0. The third-order valence-corrected chi connectivity index (χ3v) is 4.40. The average Bonchev–Trinajstić information content (AvgIpc) is 3.07. The van der Waals surface area contributed by atoms with Gasteiger partial charge in [0.25, 0.3) is 0 Å². The second-order valence-electron chi connectivity index (χ2n) is 6.71. The fraction of sp³-hybridized carbons (Fsp3) is 0.263. The van der Waals surface area contributed by atoms with Gasteiger partial charge in [-0.25, -0.2) is 0 Å². The maximum atomic E-state index is 12.5. The van der Waals surface area contributed by atoms with Crippen LogP contribution in [0.15, 0.2) is 35.4 Å². The molecule has 0 spiro atoms. The molecule has 0 N–H and O–H groups in total. The number of hydrogen-bond donors (Lipinski definition) is 0. The number of fused-ring (bicyclic) bond motifs is 1. The number of ketones is 1. The van der Waals surface area contributed by atoms with Crippen molar-refractivity contribution in [3.8, 4) is 11.5 Å². The van der Waals surface area contributed by atoms with Gasteiger partial charge in [-0.05, 0) is 50.8 Å². The van der Waals surface area contributed by atoms with E-state index in [0.29, 0.717) is 17.1 Å². The molecule has 0 saturated heterocycles. The molecular formula is C19H18O4S. The lowest BCUT2D eigenvalue weighted by Gasteiger charge is -2.16. The van der Waals surface area contributed by atoms with Crippen molar-refractivity contribution in [2.45, 2.75) is 27.7 Å². The molecule has 1 aromatic heterocycles. The monoisotopic (exact) mass is 342 g/mol. The molecule has 0 fully saturated rings. The SMILES string of the molecule is Cc1cc(OC(=O)C(C)(C)C)cc2c1C(=O)/C(=C/c1cccs1)O2. The molecule has 0 atom stereocenters. The Balaban J connectivity index is 1.92. The zero-order chi connectivity index (χ0) is 17.5. The number of rotatable bonds is 2. The van der Waals surface area contributed by atoms with E-state index >= 15 is 0 Å². The van der Waals surface area contributed by atoms with E-state index in [1.165, 1.54) is 11.3 Å². The van der Waals surface area contributed by atoms with E-state index < -0.39 is 5.41 Å². The molecule has 1 aromatic carbocycles. The van der Waals surface area contributed by atoms with Gasteiger partial charge in [0.1, 0.15) is 11.5 Å². The highest BCUT2D eigenvalue weighted by atomic mass is 32.1. The molecule has 0 bridgehead atoms. The summed E-state index contributed by atoms with van der Waals surface area (Å²) < 4.78 is 11.1. The molecule has 2 aromatic rings. The van der Waals surface area contributed by atoms with Crippen LogP contribution >= 0.6 is 11.3 Å². The zero-order valence-corrected chi connectivity index (χ0v) is 14.8. The summed E-state index contributed by atoms with van der Waals surface area (Å²) in [5.41, 5.74) is 0.644. The highest BCUT2D eigenvalue weighted by Crippen LogP contribution is 2.38. The number of ether oxygens (including phenoxy) is 2. The van der Waals surface area contributed by atoms with E-state index in [-0.39, 0.29) is 17.5 Å². The number of thiophene rings is 1. The van der Waals surface area contributed by atoms with Crippen LogP contribution in [0.2, 0.25) is 0 Å². The van der Waals surface area contributed by atoms with Gasteiger partial charge in [0.15, 0.2) is 5.76 Å². The number of hydrogen-bond acceptors (Lipinski definition) is 5. The van der Waals surface area contributed by atoms with Gasteiger partial charge in [-0.15, -0.1) is 11.3 Å². The summed E-state index contributed by atoms with van der Waals surface area (Å²) in [5.74, 6) is 0.621. The summed E-state index contributed by atoms with van der Waals surface area (Å²) in [6.45, 7) is 7.18. The first-order chi connectivity index (χ1) is 11.3. The van der Waals surface area contributed by atoms with Gasteiger partial charge in [-0.1, -0.05) is 6.07 Å². The van der Waals surface area contributed by atoms with Gasteiger partial charge in [0, 0.05) is 17.0 Å². The highest BCUT2D eigenvalue weighted by molar-refractivity contribution is 7.10. The van der Waals surface area contributed by atoms with Gasteiger partial charge >= 0.3 is 5.97 Å². The van der Waals surface area contributed by atoms with E-state index in [1.54, 1.807) is 39.0 Å². The molecule has 1 aliphatic rings. The van der Waals surface area contributed by atoms with Gasteiger partial charge in [0.2, 0.25) is 5.78 Å². The van der Waals surface area contributed by atoms with Gasteiger partial charge in [0.05, 0.1) is 11.0 Å². The lowest BCUT2D eigenvalue weighted by Crippen LogP contribution is -2.25. The first-order valence-corrected chi connectivity index (χ1v) is 8.48. The van der Waals surface area contributed by atoms with Crippen molar-refractivity contribution >= 4 is 29.2 Å². The van der Waals surface area contributed by atoms with E-state index in [9.17, 15) is 9.59 Å². The molecule has 2 heterocycles. The lowest BCUT2D eigenvalue weighted by molar-refractivity contribution is -0.143. The quantitative estimate of drug-likeness (QED) is 0.454. The number of benzene rings is 1. The summed E-state index contributed by atoms with van der Waals surface area (Å²) >= 11 is 1.53. The van der Waals surface area contributed by atoms with Crippen molar-refractivity contribution in [3.63, 3.8) is 0 Å². The molecule has 0 amide bonds. The van der Waals surface area contributed by atoms with Crippen LogP contribution in [0.5, 0.6) is 11.5 Å². The molecule has 0 radical (unpaired) electrons. The molecule has 24 heavy (non-hydrogen) atoms. The minimum Gasteiger partial charge on any atom is -0.452 e. The molecule has 4 nitrogen and oxygen atoms in total. The van der Waals surface area contributed by atoms with E-state index in [1.807, 2.05) is 24.4 Å².